The number of rotatable bonds is 6. The first-order valence-corrected chi connectivity index (χ1v) is 12.5. The minimum absolute atomic E-state index is 0.652. The maximum absolute atomic E-state index is 5.30. The molecule has 0 unspecified atom stereocenters. The third kappa shape index (κ3) is 5.61. The summed E-state index contributed by atoms with van der Waals surface area (Å²) in [7, 11) is 6.43. The Morgan fingerprint density at radius 2 is 0.750 bits per heavy atom. The molecule has 4 aromatic carbocycles. The number of hydrogen-bond donors (Lipinski definition) is 0. The Labute approximate surface area is 232 Å². The van der Waals surface area contributed by atoms with E-state index in [0.29, 0.717) is 23.0 Å². The molecule has 6 rings (SSSR count). The van der Waals surface area contributed by atoms with Crippen molar-refractivity contribution in [1.82, 2.24) is 19.9 Å². The van der Waals surface area contributed by atoms with Gasteiger partial charge in [0, 0.05) is 35.4 Å². The summed E-state index contributed by atoms with van der Waals surface area (Å²) in [6.07, 6.45) is 3.53. The molecule has 0 fully saturated rings. The fraction of sp³-hybridized carbons (Fsp3) is 0.125. The molecule has 8 nitrogen and oxygen atoms in total. The summed E-state index contributed by atoms with van der Waals surface area (Å²) in [4.78, 5) is 18.1. The molecule has 2 aromatic heterocycles. The Morgan fingerprint density at radius 3 is 1.07 bits per heavy atom. The third-order valence-corrected chi connectivity index (χ3v) is 6.23. The number of benzene rings is 4. The molecule has 8 heteroatoms. The van der Waals surface area contributed by atoms with E-state index in [4.69, 9.17) is 18.9 Å². The summed E-state index contributed by atoms with van der Waals surface area (Å²) in [5.41, 5.74) is 6.88. The van der Waals surface area contributed by atoms with E-state index in [0.717, 1.165) is 44.6 Å². The van der Waals surface area contributed by atoms with Gasteiger partial charge < -0.3 is 18.9 Å². The van der Waals surface area contributed by atoms with Gasteiger partial charge in [-0.15, -0.1) is 0 Å². The molecule has 0 radical (unpaired) electrons. The Balaban J connectivity index is 0.000000161. The van der Waals surface area contributed by atoms with E-state index in [-0.39, 0.29) is 0 Å². The van der Waals surface area contributed by atoms with Gasteiger partial charge in [-0.25, -0.2) is 9.97 Å². The van der Waals surface area contributed by atoms with Crippen LogP contribution in [-0.4, -0.2) is 48.4 Å². The normalized spacial score (nSPS) is 10.5. The summed E-state index contributed by atoms with van der Waals surface area (Å²) in [6, 6.07) is 27.3. The van der Waals surface area contributed by atoms with Crippen LogP contribution in [0.2, 0.25) is 0 Å². The van der Waals surface area contributed by atoms with Gasteiger partial charge in [0.15, 0.2) is 23.0 Å². The van der Waals surface area contributed by atoms with Crippen LogP contribution >= 0.6 is 0 Å². The monoisotopic (exact) mass is 532 g/mol. The molecule has 0 bridgehead atoms. The van der Waals surface area contributed by atoms with Gasteiger partial charge in [-0.1, -0.05) is 60.7 Å². The molecule has 0 aliphatic carbocycles. The van der Waals surface area contributed by atoms with Crippen LogP contribution in [0.4, 0.5) is 0 Å². The van der Waals surface area contributed by atoms with Crippen LogP contribution < -0.4 is 18.9 Å². The molecule has 0 aliphatic heterocycles. The summed E-state index contributed by atoms with van der Waals surface area (Å²) < 4.78 is 21.1. The summed E-state index contributed by atoms with van der Waals surface area (Å²) in [5, 5.41) is 0. The third-order valence-electron chi connectivity index (χ3n) is 6.23. The molecule has 6 aromatic rings. The Kier molecular flexibility index (Phi) is 7.97. The van der Waals surface area contributed by atoms with Gasteiger partial charge in [0.25, 0.3) is 0 Å². The fourth-order valence-corrected chi connectivity index (χ4v) is 4.18. The highest BCUT2D eigenvalue weighted by molar-refractivity contribution is 5.82. The highest BCUT2D eigenvalue weighted by atomic mass is 16.5. The predicted octanol–water partition coefficient (Wildman–Crippen LogP) is 6.63. The lowest BCUT2D eigenvalue weighted by Gasteiger charge is -2.09. The number of nitrogens with zero attached hydrogens (tertiary/aromatic N) is 4. The van der Waals surface area contributed by atoms with Crippen LogP contribution in [-0.2, 0) is 0 Å². The standard InChI is InChI=1S/2C16H14N2O2/c2*1-19-15-8-12-13(9-16(15)20-2)18-14(10-17-12)11-6-4-3-5-7-11/h2*3-10H,1-2H3. The summed E-state index contributed by atoms with van der Waals surface area (Å²) >= 11 is 0. The number of ether oxygens (including phenoxy) is 4. The molecule has 0 saturated heterocycles. The summed E-state index contributed by atoms with van der Waals surface area (Å²) in [6.45, 7) is 0. The van der Waals surface area contributed by atoms with Crippen LogP contribution in [0, 0.1) is 0 Å². The van der Waals surface area contributed by atoms with E-state index in [9.17, 15) is 0 Å². The molecular formula is C32H28N4O4. The molecule has 0 spiro atoms. The topological polar surface area (TPSA) is 88.5 Å². The number of hydrogen-bond acceptors (Lipinski definition) is 8. The number of methoxy groups -OCH3 is 4. The van der Waals surface area contributed by atoms with Gasteiger partial charge >= 0.3 is 0 Å². The first-order chi connectivity index (χ1) is 19.6. The minimum Gasteiger partial charge on any atom is -0.493 e. The molecule has 0 saturated carbocycles. The van der Waals surface area contributed by atoms with Gasteiger partial charge in [-0.2, -0.15) is 0 Å². The minimum atomic E-state index is 0.652. The zero-order valence-electron chi connectivity index (χ0n) is 22.7. The van der Waals surface area contributed by atoms with Crippen molar-refractivity contribution in [2.75, 3.05) is 28.4 Å². The SMILES string of the molecule is COc1cc2ncc(-c3ccccc3)nc2cc1OC.COc1cc2ncc(-c3ccccc3)nc2cc1OC. The molecule has 0 N–H and O–H groups in total. The van der Waals surface area contributed by atoms with E-state index in [1.54, 1.807) is 40.8 Å². The van der Waals surface area contributed by atoms with E-state index >= 15 is 0 Å². The quantitative estimate of drug-likeness (QED) is 0.236. The molecule has 0 atom stereocenters. The second-order valence-electron chi connectivity index (χ2n) is 8.63. The largest absolute Gasteiger partial charge is 0.493 e. The van der Waals surface area contributed by atoms with Crippen LogP contribution in [0.1, 0.15) is 0 Å². The summed E-state index contributed by atoms with van der Waals surface area (Å²) in [5.74, 6) is 2.61. The van der Waals surface area contributed by atoms with Crippen molar-refractivity contribution in [3.05, 3.63) is 97.3 Å². The molecular weight excluding hydrogens is 504 g/mol. The molecule has 40 heavy (non-hydrogen) atoms. The Hall–Kier alpha value is -5.24. The fourth-order valence-electron chi connectivity index (χ4n) is 4.18. The molecule has 200 valence electrons. The average Bonchev–Trinajstić information content (AvgIpc) is 3.03. The van der Waals surface area contributed by atoms with E-state index in [1.165, 1.54) is 0 Å². The second kappa shape index (κ2) is 12.1. The van der Waals surface area contributed by atoms with Gasteiger partial charge in [0.1, 0.15) is 0 Å². The zero-order chi connectivity index (χ0) is 27.9. The van der Waals surface area contributed by atoms with Gasteiger partial charge in [0.05, 0.1) is 74.3 Å². The van der Waals surface area contributed by atoms with Crippen molar-refractivity contribution >= 4 is 22.1 Å². The lowest BCUT2D eigenvalue weighted by atomic mass is 10.1. The van der Waals surface area contributed by atoms with Crippen LogP contribution in [0.5, 0.6) is 23.0 Å². The van der Waals surface area contributed by atoms with Crippen LogP contribution in [0.25, 0.3) is 44.6 Å². The van der Waals surface area contributed by atoms with Crippen molar-refractivity contribution in [3.8, 4) is 45.5 Å². The zero-order valence-corrected chi connectivity index (χ0v) is 22.7. The van der Waals surface area contributed by atoms with Crippen molar-refractivity contribution in [1.29, 1.82) is 0 Å². The first-order valence-electron chi connectivity index (χ1n) is 12.5. The maximum Gasteiger partial charge on any atom is 0.163 e. The Bertz CT molecular complexity index is 1610. The lowest BCUT2D eigenvalue weighted by molar-refractivity contribution is 0.355. The lowest BCUT2D eigenvalue weighted by Crippen LogP contribution is -1.94. The van der Waals surface area contributed by atoms with E-state index in [2.05, 4.69) is 19.9 Å². The van der Waals surface area contributed by atoms with Gasteiger partial charge in [-0.3, -0.25) is 9.97 Å². The predicted molar refractivity (Wildman–Crippen MR) is 156 cm³/mol. The van der Waals surface area contributed by atoms with Crippen molar-refractivity contribution in [2.24, 2.45) is 0 Å². The van der Waals surface area contributed by atoms with E-state index in [1.807, 2.05) is 84.9 Å². The van der Waals surface area contributed by atoms with Gasteiger partial charge in [-0.05, 0) is 0 Å². The molecule has 2 heterocycles. The highest BCUT2D eigenvalue weighted by Gasteiger charge is 2.10. The van der Waals surface area contributed by atoms with Crippen LogP contribution in [0.15, 0.2) is 97.3 Å². The van der Waals surface area contributed by atoms with Gasteiger partial charge in [0.2, 0.25) is 0 Å². The Morgan fingerprint density at radius 1 is 0.425 bits per heavy atom. The average molecular weight is 533 g/mol. The first kappa shape index (κ1) is 26.4. The smallest absolute Gasteiger partial charge is 0.163 e. The number of fused-ring (bicyclic) bond motifs is 2. The number of aromatic nitrogens is 4. The van der Waals surface area contributed by atoms with Crippen molar-refractivity contribution in [3.63, 3.8) is 0 Å². The van der Waals surface area contributed by atoms with Crippen LogP contribution in [0.3, 0.4) is 0 Å². The van der Waals surface area contributed by atoms with E-state index < -0.39 is 0 Å². The maximum atomic E-state index is 5.30. The molecule has 0 amide bonds. The second-order valence-corrected chi connectivity index (χ2v) is 8.63. The van der Waals surface area contributed by atoms with Crippen molar-refractivity contribution in [2.45, 2.75) is 0 Å². The highest BCUT2D eigenvalue weighted by Crippen LogP contribution is 2.32. The van der Waals surface area contributed by atoms with Crippen molar-refractivity contribution < 1.29 is 18.9 Å². The molecule has 0 aliphatic rings.